The van der Waals surface area contributed by atoms with Crippen molar-refractivity contribution in [3.8, 4) is 0 Å². The summed E-state index contributed by atoms with van der Waals surface area (Å²) in [5, 5.41) is 10.9. The predicted molar refractivity (Wildman–Crippen MR) is 62.0 cm³/mol. The van der Waals surface area contributed by atoms with Crippen molar-refractivity contribution in [2.24, 2.45) is 0 Å². The van der Waals surface area contributed by atoms with Gasteiger partial charge in [-0.2, -0.15) is 0 Å². The number of nitro groups is 1. The van der Waals surface area contributed by atoms with Gasteiger partial charge in [-0.3, -0.25) is 10.1 Å². The minimum absolute atomic E-state index is 0.000531. The van der Waals surface area contributed by atoms with Crippen LogP contribution in [0.4, 0.5) is 11.5 Å². The molecule has 16 heavy (non-hydrogen) atoms. The van der Waals surface area contributed by atoms with E-state index in [1.807, 2.05) is 4.90 Å². The Balaban J connectivity index is 2.28. The number of pyridine rings is 1. The van der Waals surface area contributed by atoms with Crippen molar-refractivity contribution in [1.82, 2.24) is 4.98 Å². The smallest absolute Gasteiger partial charge is 0.276 e. The molecule has 0 N–H and O–H groups in total. The fourth-order valence-electron chi connectivity index (χ4n) is 1.86. The number of halogens is 1. The largest absolute Gasteiger partial charge is 0.356 e. The van der Waals surface area contributed by atoms with Gasteiger partial charge in [-0.15, -0.1) is 0 Å². The first-order chi connectivity index (χ1) is 7.66. The van der Waals surface area contributed by atoms with Gasteiger partial charge < -0.3 is 4.90 Å². The molecule has 1 aliphatic rings. The minimum atomic E-state index is -0.443. The first kappa shape index (κ1) is 11.1. The lowest BCUT2D eigenvalue weighted by Gasteiger charge is -2.27. The fourth-order valence-corrected chi connectivity index (χ4v) is 2.06. The third kappa shape index (κ3) is 2.41. The lowest BCUT2D eigenvalue weighted by Crippen LogP contribution is -2.30. The van der Waals surface area contributed by atoms with Gasteiger partial charge in [0.05, 0.1) is 17.1 Å². The molecule has 0 bridgehead atoms. The summed E-state index contributed by atoms with van der Waals surface area (Å²) in [5.74, 6) is 0.610. The standard InChI is InChI=1S/C10H12ClN3O2/c11-9-6-8(14(15)16)7-10(12-9)13-4-2-1-3-5-13/h6-7H,1-5H2. The number of anilines is 1. The molecule has 0 atom stereocenters. The summed E-state index contributed by atoms with van der Waals surface area (Å²) in [4.78, 5) is 16.4. The van der Waals surface area contributed by atoms with Crippen molar-refractivity contribution >= 4 is 23.1 Å². The molecule has 2 heterocycles. The Morgan fingerprint density at radius 2 is 2.00 bits per heavy atom. The molecule has 1 aromatic rings. The number of nitrogens with zero attached hydrogens (tertiary/aromatic N) is 3. The van der Waals surface area contributed by atoms with Crippen LogP contribution < -0.4 is 4.90 Å². The highest BCUT2D eigenvalue weighted by Gasteiger charge is 2.16. The summed E-state index contributed by atoms with van der Waals surface area (Å²) < 4.78 is 0. The van der Waals surface area contributed by atoms with Crippen LogP contribution in [0.2, 0.25) is 5.15 Å². The molecule has 2 rings (SSSR count). The molecule has 1 aliphatic heterocycles. The van der Waals surface area contributed by atoms with Crippen LogP contribution in [0.25, 0.3) is 0 Å². The molecule has 0 saturated carbocycles. The minimum Gasteiger partial charge on any atom is -0.356 e. The van der Waals surface area contributed by atoms with E-state index in [-0.39, 0.29) is 10.8 Å². The van der Waals surface area contributed by atoms with Crippen molar-refractivity contribution in [3.63, 3.8) is 0 Å². The summed E-state index contributed by atoms with van der Waals surface area (Å²) in [7, 11) is 0. The van der Waals surface area contributed by atoms with Crippen molar-refractivity contribution in [2.45, 2.75) is 19.3 Å². The molecule has 1 saturated heterocycles. The zero-order chi connectivity index (χ0) is 11.5. The van der Waals surface area contributed by atoms with Crippen LogP contribution in [-0.2, 0) is 0 Å². The Labute approximate surface area is 98.2 Å². The van der Waals surface area contributed by atoms with Crippen LogP contribution >= 0.6 is 11.6 Å². The molecule has 1 fully saturated rings. The van der Waals surface area contributed by atoms with Crippen LogP contribution in [-0.4, -0.2) is 23.0 Å². The zero-order valence-corrected chi connectivity index (χ0v) is 9.48. The molecule has 1 aromatic heterocycles. The van der Waals surface area contributed by atoms with E-state index in [4.69, 9.17) is 11.6 Å². The van der Waals surface area contributed by atoms with Gasteiger partial charge in [0.2, 0.25) is 0 Å². The molecule has 0 amide bonds. The van der Waals surface area contributed by atoms with Gasteiger partial charge in [-0.25, -0.2) is 4.98 Å². The highest BCUT2D eigenvalue weighted by atomic mass is 35.5. The van der Waals surface area contributed by atoms with Crippen LogP contribution in [0.5, 0.6) is 0 Å². The summed E-state index contributed by atoms with van der Waals surface area (Å²) in [6.45, 7) is 1.79. The summed E-state index contributed by atoms with van der Waals surface area (Å²) >= 11 is 5.77. The third-order valence-corrected chi connectivity index (χ3v) is 2.85. The van der Waals surface area contributed by atoms with Gasteiger partial charge in [0.1, 0.15) is 11.0 Å². The number of aromatic nitrogens is 1. The molecule has 0 unspecified atom stereocenters. The molecule has 0 radical (unpaired) electrons. The van der Waals surface area contributed by atoms with E-state index >= 15 is 0 Å². The maximum absolute atomic E-state index is 10.7. The maximum atomic E-state index is 10.7. The van der Waals surface area contributed by atoms with Crippen LogP contribution in [0, 0.1) is 10.1 Å². The van der Waals surface area contributed by atoms with Gasteiger partial charge in [0.25, 0.3) is 5.69 Å². The lowest BCUT2D eigenvalue weighted by atomic mass is 10.1. The number of rotatable bonds is 2. The second kappa shape index (κ2) is 4.65. The van der Waals surface area contributed by atoms with Crippen LogP contribution in [0.1, 0.15) is 19.3 Å². The van der Waals surface area contributed by atoms with E-state index in [1.54, 1.807) is 0 Å². The Hall–Kier alpha value is -1.36. The molecule has 6 heteroatoms. The molecule has 0 aromatic carbocycles. The summed E-state index contributed by atoms with van der Waals surface area (Å²) in [6.07, 6.45) is 3.41. The van der Waals surface area contributed by atoms with Gasteiger partial charge >= 0.3 is 0 Å². The van der Waals surface area contributed by atoms with Gasteiger partial charge in [0.15, 0.2) is 0 Å². The number of piperidine rings is 1. The zero-order valence-electron chi connectivity index (χ0n) is 8.73. The average Bonchev–Trinajstić information content (AvgIpc) is 2.29. The Kier molecular flexibility index (Phi) is 3.24. The molecule has 0 spiro atoms. The predicted octanol–water partition coefficient (Wildman–Crippen LogP) is 2.63. The maximum Gasteiger partial charge on any atom is 0.276 e. The first-order valence-corrected chi connectivity index (χ1v) is 5.61. The van der Waals surface area contributed by atoms with Crippen molar-refractivity contribution in [3.05, 3.63) is 27.4 Å². The Morgan fingerprint density at radius 3 is 2.62 bits per heavy atom. The quantitative estimate of drug-likeness (QED) is 0.454. The normalized spacial score (nSPS) is 16.2. The van der Waals surface area contributed by atoms with Gasteiger partial charge in [0, 0.05) is 13.1 Å². The highest BCUT2D eigenvalue weighted by molar-refractivity contribution is 6.29. The average molecular weight is 242 g/mol. The van der Waals surface area contributed by atoms with Crippen LogP contribution in [0.15, 0.2) is 12.1 Å². The Bertz CT molecular complexity index is 405. The second-order valence-electron chi connectivity index (χ2n) is 3.81. The summed E-state index contributed by atoms with van der Waals surface area (Å²) in [5.41, 5.74) is 0.000531. The van der Waals surface area contributed by atoms with E-state index in [1.165, 1.54) is 18.6 Å². The third-order valence-electron chi connectivity index (χ3n) is 2.66. The van der Waals surface area contributed by atoms with Crippen molar-refractivity contribution < 1.29 is 4.92 Å². The van der Waals surface area contributed by atoms with Crippen molar-refractivity contribution in [1.29, 1.82) is 0 Å². The molecule has 86 valence electrons. The van der Waals surface area contributed by atoms with E-state index in [0.29, 0.717) is 5.82 Å². The van der Waals surface area contributed by atoms with E-state index < -0.39 is 4.92 Å². The van der Waals surface area contributed by atoms with E-state index in [9.17, 15) is 10.1 Å². The topological polar surface area (TPSA) is 59.3 Å². The SMILES string of the molecule is O=[N+]([O-])c1cc(Cl)nc(N2CCCCC2)c1. The second-order valence-corrected chi connectivity index (χ2v) is 4.20. The van der Waals surface area contributed by atoms with Crippen molar-refractivity contribution in [2.75, 3.05) is 18.0 Å². The molecule has 5 nitrogen and oxygen atoms in total. The van der Waals surface area contributed by atoms with Crippen LogP contribution in [0.3, 0.4) is 0 Å². The first-order valence-electron chi connectivity index (χ1n) is 5.24. The number of hydrogen-bond donors (Lipinski definition) is 0. The Morgan fingerprint density at radius 1 is 1.31 bits per heavy atom. The molecule has 0 aliphatic carbocycles. The van der Waals surface area contributed by atoms with E-state index in [0.717, 1.165) is 25.9 Å². The van der Waals surface area contributed by atoms with Gasteiger partial charge in [-0.1, -0.05) is 11.6 Å². The highest BCUT2D eigenvalue weighted by Crippen LogP contribution is 2.25. The van der Waals surface area contributed by atoms with E-state index in [2.05, 4.69) is 4.98 Å². The van der Waals surface area contributed by atoms with Gasteiger partial charge in [-0.05, 0) is 19.3 Å². The monoisotopic (exact) mass is 241 g/mol. The fraction of sp³-hybridized carbons (Fsp3) is 0.500. The number of hydrogen-bond acceptors (Lipinski definition) is 4. The molecular formula is C10H12ClN3O2. The molecular weight excluding hydrogens is 230 g/mol. The lowest BCUT2D eigenvalue weighted by molar-refractivity contribution is -0.384. The summed E-state index contributed by atoms with van der Waals surface area (Å²) in [6, 6.07) is 2.76.